The summed E-state index contributed by atoms with van der Waals surface area (Å²) < 4.78 is 0. The number of anilines is 1. The summed E-state index contributed by atoms with van der Waals surface area (Å²) in [5.41, 5.74) is 4.35. The third-order valence-electron chi connectivity index (χ3n) is 6.68. The standard InChI is InChI=1S/C30H28ClN3O2/c1-20-19-34(28-14-8-5-11-22(28)18-32-20)30(36)26-16-15-23(17-27(26)31)33-29(35)25-13-7-6-12-24(25)21-9-3-2-4-10-21/h2-10,12-17,20,22,32H,11,18-19H2,1H3,(H,33,35)/t20-,22?/m1/s1. The van der Waals surface area contributed by atoms with Gasteiger partial charge in [0.1, 0.15) is 0 Å². The Morgan fingerprint density at radius 2 is 1.78 bits per heavy atom. The van der Waals surface area contributed by atoms with E-state index in [9.17, 15) is 9.59 Å². The van der Waals surface area contributed by atoms with Gasteiger partial charge in [-0.05, 0) is 54.8 Å². The third-order valence-corrected chi connectivity index (χ3v) is 6.99. The van der Waals surface area contributed by atoms with Crippen LogP contribution in [0.25, 0.3) is 11.1 Å². The normalized spacial score (nSPS) is 19.2. The van der Waals surface area contributed by atoms with Gasteiger partial charge in [-0.3, -0.25) is 9.59 Å². The van der Waals surface area contributed by atoms with Crippen molar-refractivity contribution in [1.29, 1.82) is 0 Å². The average molecular weight is 498 g/mol. The molecule has 3 aromatic rings. The molecule has 2 atom stereocenters. The van der Waals surface area contributed by atoms with Crippen molar-refractivity contribution in [2.75, 3.05) is 18.4 Å². The number of fused-ring (bicyclic) bond motifs is 1. The Hall–Kier alpha value is -3.67. The third kappa shape index (κ3) is 4.99. The molecule has 0 spiro atoms. The number of rotatable bonds is 4. The van der Waals surface area contributed by atoms with Gasteiger partial charge in [0.15, 0.2) is 0 Å². The number of amides is 2. The number of allylic oxidation sites excluding steroid dienone is 3. The molecule has 1 aliphatic heterocycles. The van der Waals surface area contributed by atoms with Gasteiger partial charge in [-0.2, -0.15) is 0 Å². The molecular formula is C30H28ClN3O2. The summed E-state index contributed by atoms with van der Waals surface area (Å²) in [4.78, 5) is 28.6. The Labute approximate surface area is 216 Å². The van der Waals surface area contributed by atoms with Crippen LogP contribution >= 0.6 is 11.6 Å². The molecule has 1 aliphatic carbocycles. The first-order valence-corrected chi connectivity index (χ1v) is 12.6. The molecule has 0 saturated carbocycles. The lowest BCUT2D eigenvalue weighted by atomic mass is 9.95. The number of benzene rings is 3. The maximum absolute atomic E-state index is 13.6. The van der Waals surface area contributed by atoms with E-state index in [1.165, 1.54) is 0 Å². The lowest BCUT2D eigenvalue weighted by Crippen LogP contribution is -2.38. The van der Waals surface area contributed by atoms with Crippen molar-refractivity contribution < 1.29 is 9.59 Å². The highest BCUT2D eigenvalue weighted by Gasteiger charge is 2.31. The van der Waals surface area contributed by atoms with Crippen LogP contribution in [0.1, 0.15) is 34.1 Å². The van der Waals surface area contributed by atoms with Crippen LogP contribution in [-0.2, 0) is 0 Å². The fourth-order valence-electron chi connectivity index (χ4n) is 4.81. The Bertz CT molecular complexity index is 1350. The molecule has 2 aliphatic rings. The first kappa shape index (κ1) is 24.0. The van der Waals surface area contributed by atoms with Gasteiger partial charge < -0.3 is 15.5 Å². The molecule has 1 saturated heterocycles. The topological polar surface area (TPSA) is 61.4 Å². The Morgan fingerprint density at radius 3 is 2.58 bits per heavy atom. The number of nitrogens with zero attached hydrogens (tertiary/aromatic N) is 1. The minimum absolute atomic E-state index is 0.130. The van der Waals surface area contributed by atoms with Gasteiger partial charge in [-0.25, -0.2) is 0 Å². The van der Waals surface area contributed by atoms with Crippen molar-refractivity contribution in [2.24, 2.45) is 5.92 Å². The molecular weight excluding hydrogens is 470 g/mol. The first-order chi connectivity index (χ1) is 17.5. The largest absolute Gasteiger partial charge is 0.322 e. The van der Waals surface area contributed by atoms with Crippen molar-refractivity contribution in [2.45, 2.75) is 19.4 Å². The van der Waals surface area contributed by atoms with Crippen LogP contribution in [0.3, 0.4) is 0 Å². The van der Waals surface area contributed by atoms with Crippen LogP contribution in [0.2, 0.25) is 5.02 Å². The summed E-state index contributed by atoms with van der Waals surface area (Å²) in [6.45, 7) is 3.49. The van der Waals surface area contributed by atoms with Crippen molar-refractivity contribution in [1.82, 2.24) is 10.2 Å². The van der Waals surface area contributed by atoms with E-state index >= 15 is 0 Å². The van der Waals surface area contributed by atoms with Gasteiger partial charge in [-0.15, -0.1) is 0 Å². The molecule has 2 N–H and O–H groups in total. The molecule has 3 aromatic carbocycles. The Balaban J connectivity index is 1.38. The predicted octanol–water partition coefficient (Wildman–Crippen LogP) is 6.15. The zero-order valence-electron chi connectivity index (χ0n) is 20.1. The second-order valence-corrected chi connectivity index (χ2v) is 9.64. The Kier molecular flexibility index (Phi) is 7.03. The van der Waals surface area contributed by atoms with E-state index in [2.05, 4.69) is 23.6 Å². The molecule has 5 nitrogen and oxygen atoms in total. The van der Waals surface area contributed by atoms with Gasteiger partial charge in [-0.1, -0.05) is 72.3 Å². The SMILES string of the molecule is C[C@@H]1CN(C(=O)c2ccc(NC(=O)c3ccccc3-c3ccccc3)cc2Cl)C2=CC=CCC2CN1. The number of carbonyl (C=O) groups excluding carboxylic acids is 2. The fourth-order valence-corrected chi connectivity index (χ4v) is 5.07. The smallest absolute Gasteiger partial charge is 0.259 e. The minimum Gasteiger partial charge on any atom is -0.322 e. The zero-order valence-corrected chi connectivity index (χ0v) is 20.8. The summed E-state index contributed by atoms with van der Waals surface area (Å²) in [6.07, 6.45) is 7.07. The van der Waals surface area contributed by atoms with E-state index in [0.717, 1.165) is 29.8 Å². The number of halogens is 1. The minimum atomic E-state index is -0.237. The number of carbonyl (C=O) groups is 2. The van der Waals surface area contributed by atoms with Crippen molar-refractivity contribution in [3.63, 3.8) is 0 Å². The number of nitrogens with one attached hydrogen (secondary N) is 2. The van der Waals surface area contributed by atoms with Gasteiger partial charge in [0.25, 0.3) is 11.8 Å². The molecule has 0 radical (unpaired) electrons. The van der Waals surface area contributed by atoms with Crippen molar-refractivity contribution >= 4 is 29.1 Å². The van der Waals surface area contributed by atoms with Crippen molar-refractivity contribution in [3.8, 4) is 11.1 Å². The molecule has 2 amide bonds. The van der Waals surface area contributed by atoms with Crippen LogP contribution in [0.4, 0.5) is 5.69 Å². The van der Waals surface area contributed by atoms with Gasteiger partial charge in [0.2, 0.25) is 0 Å². The summed E-state index contributed by atoms with van der Waals surface area (Å²) in [7, 11) is 0. The monoisotopic (exact) mass is 497 g/mol. The van der Waals surface area contributed by atoms with Crippen molar-refractivity contribution in [3.05, 3.63) is 113 Å². The molecule has 0 aromatic heterocycles. The molecule has 1 heterocycles. The number of hydrogen-bond donors (Lipinski definition) is 2. The molecule has 1 unspecified atom stereocenters. The predicted molar refractivity (Wildman–Crippen MR) is 145 cm³/mol. The lowest BCUT2D eigenvalue weighted by Gasteiger charge is -2.29. The molecule has 182 valence electrons. The lowest BCUT2D eigenvalue weighted by molar-refractivity contribution is 0.0791. The first-order valence-electron chi connectivity index (χ1n) is 12.2. The highest BCUT2D eigenvalue weighted by molar-refractivity contribution is 6.34. The average Bonchev–Trinajstić information content (AvgIpc) is 3.08. The number of hydrogen-bond acceptors (Lipinski definition) is 3. The van der Waals surface area contributed by atoms with Crippen LogP contribution < -0.4 is 10.6 Å². The summed E-state index contributed by atoms with van der Waals surface area (Å²) in [5.74, 6) is -0.112. The highest BCUT2D eigenvalue weighted by Crippen LogP contribution is 2.31. The summed E-state index contributed by atoms with van der Waals surface area (Å²) >= 11 is 6.60. The van der Waals surface area contributed by atoms with Crippen LogP contribution in [0, 0.1) is 5.92 Å². The molecule has 1 fully saturated rings. The van der Waals surface area contributed by atoms with E-state index in [-0.39, 0.29) is 23.8 Å². The summed E-state index contributed by atoms with van der Waals surface area (Å²) in [6, 6.07) is 22.5. The summed E-state index contributed by atoms with van der Waals surface area (Å²) in [5, 5.41) is 6.75. The van der Waals surface area contributed by atoms with Crippen LogP contribution in [0.15, 0.2) is 96.7 Å². The molecule has 6 heteroatoms. The molecule has 36 heavy (non-hydrogen) atoms. The second-order valence-electron chi connectivity index (χ2n) is 9.24. The Morgan fingerprint density at radius 1 is 1.00 bits per heavy atom. The van der Waals surface area contributed by atoms with E-state index < -0.39 is 0 Å². The van der Waals surface area contributed by atoms with E-state index in [1.54, 1.807) is 24.3 Å². The zero-order chi connectivity index (χ0) is 25.1. The van der Waals surface area contributed by atoms with E-state index in [4.69, 9.17) is 11.6 Å². The van der Waals surface area contributed by atoms with E-state index in [1.807, 2.05) is 65.6 Å². The van der Waals surface area contributed by atoms with Gasteiger partial charge in [0, 0.05) is 42.0 Å². The van der Waals surface area contributed by atoms with Crippen LogP contribution in [-0.4, -0.2) is 35.8 Å². The maximum Gasteiger partial charge on any atom is 0.259 e. The highest BCUT2D eigenvalue weighted by atomic mass is 35.5. The van der Waals surface area contributed by atoms with Crippen LogP contribution in [0.5, 0.6) is 0 Å². The van der Waals surface area contributed by atoms with Gasteiger partial charge >= 0.3 is 0 Å². The maximum atomic E-state index is 13.6. The molecule has 5 rings (SSSR count). The quantitative estimate of drug-likeness (QED) is 0.454. The van der Waals surface area contributed by atoms with E-state index in [0.29, 0.717) is 28.4 Å². The van der Waals surface area contributed by atoms with Gasteiger partial charge in [0.05, 0.1) is 10.6 Å². The fraction of sp³-hybridized carbons (Fsp3) is 0.200. The second kappa shape index (κ2) is 10.5. The molecule has 0 bridgehead atoms.